The Morgan fingerprint density at radius 1 is 1.26 bits per heavy atom. The first-order chi connectivity index (χ1) is 9.24. The average Bonchev–Trinajstić information content (AvgIpc) is 2.79. The second-order valence-electron chi connectivity index (χ2n) is 5.05. The molecule has 0 atom stereocenters. The fraction of sp³-hybridized carbons (Fsp3) is 0.400. The number of anilines is 1. The maximum atomic E-state index is 5.59. The highest BCUT2D eigenvalue weighted by Crippen LogP contribution is 2.22. The first kappa shape index (κ1) is 12.2. The monoisotopic (exact) mass is 257 g/mol. The van der Waals surface area contributed by atoms with Crippen LogP contribution in [0.15, 0.2) is 28.7 Å². The van der Waals surface area contributed by atoms with Crippen LogP contribution in [0.3, 0.4) is 0 Å². The Hall–Kier alpha value is -1.81. The van der Waals surface area contributed by atoms with Crippen molar-refractivity contribution in [3.8, 4) is 0 Å². The van der Waals surface area contributed by atoms with Crippen LogP contribution in [0, 0.1) is 0 Å². The second-order valence-corrected chi connectivity index (χ2v) is 5.05. The molecule has 2 aromatic rings. The van der Waals surface area contributed by atoms with Crippen LogP contribution < -0.4 is 5.73 Å². The minimum Gasteiger partial charge on any atom is -0.429 e. The lowest BCUT2D eigenvalue weighted by Crippen LogP contribution is -2.29. The molecule has 0 saturated heterocycles. The van der Waals surface area contributed by atoms with Gasteiger partial charge in [-0.25, -0.2) is 0 Å². The molecule has 0 aliphatic carbocycles. The molecule has 0 amide bonds. The van der Waals surface area contributed by atoms with Crippen LogP contribution in [-0.4, -0.2) is 16.4 Å². The first-order valence-corrected chi connectivity index (χ1v) is 6.79. The van der Waals surface area contributed by atoms with Crippen LogP contribution in [0.4, 0.5) is 6.01 Å². The van der Waals surface area contributed by atoms with Crippen molar-refractivity contribution in [2.75, 3.05) is 12.3 Å². The van der Waals surface area contributed by atoms with E-state index in [4.69, 9.17) is 10.2 Å². The van der Waals surface area contributed by atoms with Gasteiger partial charge in [-0.15, -0.1) is 0 Å². The van der Waals surface area contributed by atoms with E-state index < -0.39 is 0 Å². The molecule has 0 bridgehead atoms. The van der Waals surface area contributed by atoms with Gasteiger partial charge in [-0.1, -0.05) is 31.2 Å². The molecule has 19 heavy (non-hydrogen) atoms. The molecule has 0 fully saturated rings. The third-order valence-corrected chi connectivity index (χ3v) is 3.66. The molecule has 2 heterocycles. The van der Waals surface area contributed by atoms with Crippen LogP contribution >= 0.6 is 0 Å². The molecular formula is C15H19N3O. The third-order valence-electron chi connectivity index (χ3n) is 3.66. The molecule has 1 aliphatic heterocycles. The molecule has 4 nitrogen and oxygen atoms in total. The molecule has 0 radical (unpaired) electrons. The Labute approximate surface area is 113 Å². The quantitative estimate of drug-likeness (QED) is 0.917. The van der Waals surface area contributed by atoms with E-state index >= 15 is 0 Å². The van der Waals surface area contributed by atoms with Crippen LogP contribution in [0.1, 0.15) is 29.5 Å². The van der Waals surface area contributed by atoms with E-state index in [1.807, 2.05) is 0 Å². The van der Waals surface area contributed by atoms with Gasteiger partial charge in [-0.3, -0.25) is 4.90 Å². The van der Waals surface area contributed by atoms with Gasteiger partial charge in [0.2, 0.25) is 0 Å². The normalized spacial score (nSPS) is 15.4. The number of rotatable bonds is 3. The minimum absolute atomic E-state index is 0.291. The summed E-state index contributed by atoms with van der Waals surface area (Å²) < 4.78 is 5.37. The number of hydrogen-bond acceptors (Lipinski definition) is 4. The largest absolute Gasteiger partial charge is 0.429 e. The number of benzene rings is 1. The van der Waals surface area contributed by atoms with Crippen molar-refractivity contribution >= 4 is 6.01 Å². The van der Waals surface area contributed by atoms with Gasteiger partial charge in [-0.05, 0) is 17.5 Å². The number of aryl methyl sites for hydroxylation is 1. The first-order valence-electron chi connectivity index (χ1n) is 6.79. The summed E-state index contributed by atoms with van der Waals surface area (Å²) in [6, 6.07) is 9.13. The molecule has 3 rings (SSSR count). The summed E-state index contributed by atoms with van der Waals surface area (Å²) in [5, 5.41) is 0. The highest BCUT2D eigenvalue weighted by molar-refractivity contribution is 5.24. The molecular weight excluding hydrogens is 238 g/mol. The predicted molar refractivity (Wildman–Crippen MR) is 74.6 cm³/mol. The number of nitrogens with two attached hydrogens (primary N) is 1. The fourth-order valence-corrected chi connectivity index (χ4v) is 2.55. The van der Waals surface area contributed by atoms with Crippen molar-refractivity contribution in [3.05, 3.63) is 46.8 Å². The molecule has 100 valence electrons. The molecule has 2 N–H and O–H groups in total. The Morgan fingerprint density at radius 2 is 2.00 bits per heavy atom. The van der Waals surface area contributed by atoms with Crippen LogP contribution in [0.5, 0.6) is 0 Å². The summed E-state index contributed by atoms with van der Waals surface area (Å²) in [4.78, 5) is 6.62. The SMILES string of the molecule is CCc1ccc(CN2CCc3oc(N)nc3C2)cc1. The molecule has 1 aromatic carbocycles. The standard InChI is InChI=1S/C15H19N3O/c1-2-11-3-5-12(6-4-11)9-18-8-7-14-13(10-18)17-15(16)19-14/h3-6H,2,7-10H2,1H3,(H2,16,17). The zero-order chi connectivity index (χ0) is 13.2. The smallest absolute Gasteiger partial charge is 0.292 e. The van der Waals surface area contributed by atoms with E-state index in [0.29, 0.717) is 6.01 Å². The molecule has 0 unspecified atom stereocenters. The van der Waals surface area contributed by atoms with Gasteiger partial charge < -0.3 is 10.2 Å². The Bertz CT molecular complexity index is 559. The van der Waals surface area contributed by atoms with E-state index in [2.05, 4.69) is 41.1 Å². The van der Waals surface area contributed by atoms with Gasteiger partial charge in [0.05, 0.1) is 5.69 Å². The number of nitrogens with zero attached hydrogens (tertiary/aromatic N) is 2. The van der Waals surface area contributed by atoms with E-state index in [0.717, 1.165) is 43.9 Å². The number of hydrogen-bond donors (Lipinski definition) is 1. The van der Waals surface area contributed by atoms with Crippen molar-refractivity contribution in [2.24, 2.45) is 0 Å². The van der Waals surface area contributed by atoms with E-state index in [9.17, 15) is 0 Å². The van der Waals surface area contributed by atoms with Gasteiger partial charge in [0.25, 0.3) is 6.01 Å². The fourth-order valence-electron chi connectivity index (χ4n) is 2.55. The number of aromatic nitrogens is 1. The molecule has 4 heteroatoms. The lowest BCUT2D eigenvalue weighted by atomic mass is 10.1. The summed E-state index contributed by atoms with van der Waals surface area (Å²) in [5.41, 5.74) is 9.31. The number of nitrogen functional groups attached to an aromatic ring is 1. The van der Waals surface area contributed by atoms with E-state index in [-0.39, 0.29) is 0 Å². The average molecular weight is 257 g/mol. The Balaban J connectivity index is 1.68. The maximum absolute atomic E-state index is 5.59. The topological polar surface area (TPSA) is 55.3 Å². The van der Waals surface area contributed by atoms with Gasteiger partial charge >= 0.3 is 0 Å². The summed E-state index contributed by atoms with van der Waals surface area (Å²) in [7, 11) is 0. The summed E-state index contributed by atoms with van der Waals surface area (Å²) in [6.07, 6.45) is 1.98. The predicted octanol–water partition coefficient (Wildman–Crippen LogP) is 2.38. The number of fused-ring (bicyclic) bond motifs is 1. The molecule has 1 aliphatic rings. The van der Waals surface area contributed by atoms with Crippen LogP contribution in [0.25, 0.3) is 0 Å². The Kier molecular flexibility index (Phi) is 3.25. The molecule has 0 spiro atoms. The highest BCUT2D eigenvalue weighted by atomic mass is 16.4. The number of oxazole rings is 1. The lowest BCUT2D eigenvalue weighted by Gasteiger charge is -2.25. The van der Waals surface area contributed by atoms with E-state index in [1.165, 1.54) is 11.1 Å². The molecule has 0 saturated carbocycles. The van der Waals surface area contributed by atoms with Gasteiger partial charge in [-0.2, -0.15) is 4.98 Å². The third kappa shape index (κ3) is 2.63. The molecule has 1 aromatic heterocycles. The maximum Gasteiger partial charge on any atom is 0.292 e. The van der Waals surface area contributed by atoms with Crippen molar-refractivity contribution in [1.82, 2.24) is 9.88 Å². The van der Waals surface area contributed by atoms with Crippen molar-refractivity contribution < 1.29 is 4.42 Å². The van der Waals surface area contributed by atoms with Crippen LogP contribution in [0.2, 0.25) is 0 Å². The van der Waals surface area contributed by atoms with Gasteiger partial charge in [0, 0.05) is 26.1 Å². The van der Waals surface area contributed by atoms with Gasteiger partial charge in [0.15, 0.2) is 0 Å². The Morgan fingerprint density at radius 3 is 2.74 bits per heavy atom. The van der Waals surface area contributed by atoms with Crippen molar-refractivity contribution in [2.45, 2.75) is 32.9 Å². The van der Waals surface area contributed by atoms with Crippen molar-refractivity contribution in [3.63, 3.8) is 0 Å². The minimum atomic E-state index is 0.291. The summed E-state index contributed by atoms with van der Waals surface area (Å²) >= 11 is 0. The highest BCUT2D eigenvalue weighted by Gasteiger charge is 2.21. The lowest BCUT2D eigenvalue weighted by molar-refractivity contribution is 0.232. The summed E-state index contributed by atoms with van der Waals surface area (Å²) in [6.45, 7) is 4.95. The van der Waals surface area contributed by atoms with E-state index in [1.54, 1.807) is 0 Å². The van der Waals surface area contributed by atoms with Crippen LogP contribution in [-0.2, 0) is 25.9 Å². The van der Waals surface area contributed by atoms with Gasteiger partial charge in [0.1, 0.15) is 5.76 Å². The summed E-state index contributed by atoms with van der Waals surface area (Å²) in [5.74, 6) is 0.954. The second kappa shape index (κ2) is 5.05. The zero-order valence-electron chi connectivity index (χ0n) is 11.2. The zero-order valence-corrected chi connectivity index (χ0v) is 11.2. The van der Waals surface area contributed by atoms with Crippen molar-refractivity contribution in [1.29, 1.82) is 0 Å².